The largest absolute Gasteiger partial charge is 0.363 e. The zero-order chi connectivity index (χ0) is 13.5. The first-order chi connectivity index (χ1) is 8.50. The summed E-state index contributed by atoms with van der Waals surface area (Å²) in [6, 6.07) is 9.63. The first kappa shape index (κ1) is 14.0. The Hall–Kier alpha value is -2.10. The van der Waals surface area contributed by atoms with Gasteiger partial charge in [0.1, 0.15) is 5.84 Å². The SMILES string of the molecule is CN(C)C(=O)/N=C(/C=C/c1ccccc1)N(C)C. The van der Waals surface area contributed by atoms with Crippen LogP contribution >= 0.6 is 0 Å². The summed E-state index contributed by atoms with van der Waals surface area (Å²) in [6.07, 6.45) is 3.76. The first-order valence-corrected chi connectivity index (χ1v) is 5.71. The highest BCUT2D eigenvalue weighted by molar-refractivity contribution is 6.02. The molecule has 0 saturated heterocycles. The predicted octanol–water partition coefficient (Wildman–Crippen LogP) is 2.34. The van der Waals surface area contributed by atoms with E-state index in [1.807, 2.05) is 56.6 Å². The van der Waals surface area contributed by atoms with Gasteiger partial charge in [-0.2, -0.15) is 4.99 Å². The van der Waals surface area contributed by atoms with Gasteiger partial charge >= 0.3 is 6.03 Å². The Kier molecular flexibility index (Phi) is 5.11. The minimum Gasteiger partial charge on any atom is -0.363 e. The fraction of sp³-hybridized carbons (Fsp3) is 0.286. The van der Waals surface area contributed by atoms with Crippen molar-refractivity contribution < 1.29 is 4.79 Å². The third-order valence-corrected chi connectivity index (χ3v) is 2.28. The van der Waals surface area contributed by atoms with E-state index >= 15 is 0 Å². The molecule has 1 aromatic rings. The number of nitrogens with zero attached hydrogens (tertiary/aromatic N) is 3. The zero-order valence-electron chi connectivity index (χ0n) is 11.3. The maximum atomic E-state index is 11.5. The number of carbonyl (C=O) groups is 1. The fourth-order valence-corrected chi connectivity index (χ4v) is 1.22. The highest BCUT2D eigenvalue weighted by Crippen LogP contribution is 2.02. The highest BCUT2D eigenvalue weighted by atomic mass is 16.2. The van der Waals surface area contributed by atoms with Gasteiger partial charge in [-0.3, -0.25) is 0 Å². The summed E-state index contributed by atoms with van der Waals surface area (Å²) in [7, 11) is 7.08. The second-order valence-electron chi connectivity index (χ2n) is 4.29. The molecule has 4 nitrogen and oxygen atoms in total. The molecule has 0 unspecified atom stereocenters. The van der Waals surface area contributed by atoms with Crippen LogP contribution in [0.2, 0.25) is 0 Å². The quantitative estimate of drug-likeness (QED) is 0.592. The number of urea groups is 1. The number of hydrogen-bond donors (Lipinski definition) is 0. The lowest BCUT2D eigenvalue weighted by Crippen LogP contribution is -2.25. The summed E-state index contributed by atoms with van der Waals surface area (Å²) in [6.45, 7) is 0. The maximum absolute atomic E-state index is 11.5. The highest BCUT2D eigenvalue weighted by Gasteiger charge is 2.04. The molecule has 0 aliphatic heterocycles. The molecule has 1 aromatic carbocycles. The molecule has 0 atom stereocenters. The third kappa shape index (κ3) is 4.41. The van der Waals surface area contributed by atoms with Crippen molar-refractivity contribution in [1.82, 2.24) is 9.80 Å². The van der Waals surface area contributed by atoms with Gasteiger partial charge in [0, 0.05) is 28.2 Å². The van der Waals surface area contributed by atoms with Crippen molar-refractivity contribution in [2.24, 2.45) is 4.99 Å². The molecule has 0 heterocycles. The van der Waals surface area contributed by atoms with Crippen LogP contribution in [-0.4, -0.2) is 49.9 Å². The van der Waals surface area contributed by atoms with Crippen molar-refractivity contribution in [3.8, 4) is 0 Å². The standard InChI is InChI=1S/C14H19N3O/c1-16(2)13(15-14(18)17(3)4)11-10-12-8-6-5-7-9-12/h5-11H,1-4H3/b11-10+,15-13-. The van der Waals surface area contributed by atoms with Gasteiger partial charge < -0.3 is 9.80 Å². The number of hydrogen-bond acceptors (Lipinski definition) is 1. The first-order valence-electron chi connectivity index (χ1n) is 5.71. The third-order valence-electron chi connectivity index (χ3n) is 2.28. The summed E-state index contributed by atoms with van der Waals surface area (Å²) in [4.78, 5) is 18.8. The Morgan fingerprint density at radius 3 is 2.17 bits per heavy atom. The molecular formula is C14H19N3O. The van der Waals surface area contributed by atoms with Crippen LogP contribution in [0.15, 0.2) is 41.4 Å². The molecule has 0 saturated carbocycles. The Morgan fingerprint density at radius 1 is 1.06 bits per heavy atom. The molecule has 0 fully saturated rings. The average molecular weight is 245 g/mol. The number of aliphatic imine (C=N–C) groups is 1. The van der Waals surface area contributed by atoms with Crippen molar-refractivity contribution in [3.05, 3.63) is 42.0 Å². The number of amides is 2. The number of amidine groups is 1. The van der Waals surface area contributed by atoms with Crippen LogP contribution in [0.1, 0.15) is 5.56 Å². The van der Waals surface area contributed by atoms with Gasteiger partial charge in [0.15, 0.2) is 0 Å². The van der Waals surface area contributed by atoms with E-state index in [1.165, 1.54) is 4.90 Å². The molecule has 0 N–H and O–H groups in total. The van der Waals surface area contributed by atoms with Gasteiger partial charge in [0.05, 0.1) is 0 Å². The van der Waals surface area contributed by atoms with E-state index in [4.69, 9.17) is 0 Å². The Morgan fingerprint density at radius 2 is 1.67 bits per heavy atom. The normalized spacial score (nSPS) is 11.7. The maximum Gasteiger partial charge on any atom is 0.344 e. The van der Waals surface area contributed by atoms with Crippen molar-refractivity contribution >= 4 is 17.9 Å². The number of benzene rings is 1. The van der Waals surface area contributed by atoms with E-state index in [0.29, 0.717) is 5.84 Å². The van der Waals surface area contributed by atoms with Crippen LogP contribution < -0.4 is 0 Å². The second-order valence-corrected chi connectivity index (χ2v) is 4.29. The number of likely N-dealkylation sites (N-methyl/N-ethyl adjacent to an activating group) is 1. The summed E-state index contributed by atoms with van der Waals surface area (Å²) in [5.74, 6) is 0.623. The van der Waals surface area contributed by atoms with Crippen molar-refractivity contribution in [3.63, 3.8) is 0 Å². The molecule has 0 radical (unpaired) electrons. The van der Waals surface area contributed by atoms with Crippen LogP contribution in [-0.2, 0) is 0 Å². The lowest BCUT2D eigenvalue weighted by molar-refractivity contribution is 0.227. The smallest absolute Gasteiger partial charge is 0.344 e. The van der Waals surface area contributed by atoms with Crippen molar-refractivity contribution in [1.29, 1.82) is 0 Å². The molecule has 96 valence electrons. The zero-order valence-corrected chi connectivity index (χ0v) is 11.3. The molecule has 0 aliphatic carbocycles. The van der Waals surface area contributed by atoms with E-state index in [9.17, 15) is 4.79 Å². The van der Waals surface area contributed by atoms with E-state index in [0.717, 1.165) is 5.56 Å². The van der Waals surface area contributed by atoms with Crippen molar-refractivity contribution in [2.75, 3.05) is 28.2 Å². The molecule has 1 rings (SSSR count). The Bertz CT molecular complexity index is 447. The lowest BCUT2D eigenvalue weighted by Gasteiger charge is -2.13. The van der Waals surface area contributed by atoms with Crippen LogP contribution in [0, 0.1) is 0 Å². The lowest BCUT2D eigenvalue weighted by atomic mass is 10.2. The predicted molar refractivity (Wildman–Crippen MR) is 75.7 cm³/mol. The van der Waals surface area contributed by atoms with Gasteiger partial charge in [-0.1, -0.05) is 36.4 Å². The van der Waals surface area contributed by atoms with Gasteiger partial charge in [-0.05, 0) is 11.6 Å². The second kappa shape index (κ2) is 6.59. The molecule has 18 heavy (non-hydrogen) atoms. The fourth-order valence-electron chi connectivity index (χ4n) is 1.22. The molecule has 0 aliphatic rings. The van der Waals surface area contributed by atoms with Crippen molar-refractivity contribution in [2.45, 2.75) is 0 Å². The number of carbonyl (C=O) groups excluding carboxylic acids is 1. The summed E-state index contributed by atoms with van der Waals surface area (Å²) < 4.78 is 0. The molecule has 4 heteroatoms. The van der Waals surface area contributed by atoms with E-state index in [-0.39, 0.29) is 6.03 Å². The van der Waals surface area contributed by atoms with Crippen LogP contribution in [0.4, 0.5) is 4.79 Å². The van der Waals surface area contributed by atoms with Crippen LogP contribution in [0.25, 0.3) is 6.08 Å². The van der Waals surface area contributed by atoms with Crippen LogP contribution in [0.3, 0.4) is 0 Å². The molecule has 2 amide bonds. The number of rotatable bonds is 2. The summed E-state index contributed by atoms with van der Waals surface area (Å²) >= 11 is 0. The Balaban J connectivity index is 2.88. The van der Waals surface area contributed by atoms with E-state index < -0.39 is 0 Å². The molecular weight excluding hydrogens is 226 g/mol. The van der Waals surface area contributed by atoms with Gasteiger partial charge in [-0.15, -0.1) is 0 Å². The van der Waals surface area contributed by atoms with E-state index in [1.54, 1.807) is 19.0 Å². The topological polar surface area (TPSA) is 35.9 Å². The van der Waals surface area contributed by atoms with Gasteiger partial charge in [-0.25, -0.2) is 4.79 Å². The van der Waals surface area contributed by atoms with E-state index in [2.05, 4.69) is 4.99 Å². The molecule has 0 spiro atoms. The monoisotopic (exact) mass is 245 g/mol. The minimum atomic E-state index is -0.267. The van der Waals surface area contributed by atoms with Gasteiger partial charge in [0.2, 0.25) is 0 Å². The Labute approximate surface area is 108 Å². The molecule has 0 bridgehead atoms. The van der Waals surface area contributed by atoms with Gasteiger partial charge in [0.25, 0.3) is 0 Å². The summed E-state index contributed by atoms with van der Waals surface area (Å²) in [5, 5.41) is 0. The summed E-state index contributed by atoms with van der Waals surface area (Å²) in [5.41, 5.74) is 1.07. The van der Waals surface area contributed by atoms with Crippen LogP contribution in [0.5, 0.6) is 0 Å². The minimum absolute atomic E-state index is 0.267. The average Bonchev–Trinajstić information content (AvgIpc) is 2.34. The molecule has 0 aromatic heterocycles.